The van der Waals surface area contributed by atoms with Gasteiger partial charge in [0.05, 0.1) is 0 Å². The van der Waals surface area contributed by atoms with Gasteiger partial charge in [-0.2, -0.15) is 0 Å². The third kappa shape index (κ3) is 4.82. The average molecular weight is 375 g/mol. The molecule has 0 unspecified atom stereocenters. The van der Waals surface area contributed by atoms with Crippen molar-refractivity contribution in [2.75, 3.05) is 0 Å². The summed E-state index contributed by atoms with van der Waals surface area (Å²) >= 11 is 0. The topological polar surface area (TPSA) is 0 Å². The first kappa shape index (κ1) is 19.7. The van der Waals surface area contributed by atoms with Crippen molar-refractivity contribution in [2.45, 2.75) is 45.4 Å². The van der Waals surface area contributed by atoms with Crippen LogP contribution in [0, 0.1) is 0 Å². The maximum atomic E-state index is 2.67. The van der Waals surface area contributed by atoms with E-state index in [1.54, 1.807) is 0 Å². The van der Waals surface area contributed by atoms with Crippen LogP contribution in [0.3, 0.4) is 0 Å². The highest BCUT2D eigenvalue weighted by Gasteiger charge is 2.24. The van der Waals surface area contributed by atoms with E-state index in [2.05, 4.69) is 104 Å². The normalized spacial score (nSPS) is 11.3. The average Bonchev–Trinajstić information content (AvgIpc) is 2.75. The quantitative estimate of drug-likeness (QED) is 0.312. The molecule has 0 spiro atoms. The highest BCUT2D eigenvalue weighted by Crippen LogP contribution is 2.44. The monoisotopic (exact) mass is 374 g/mol. The lowest BCUT2D eigenvalue weighted by atomic mass is 10.1. The molecule has 0 aromatic heterocycles. The molecule has 0 saturated heterocycles. The molecular weight excluding hydrogens is 343 g/mol. The summed E-state index contributed by atoms with van der Waals surface area (Å²) in [5.74, 6) is 2.67. The Morgan fingerprint density at radius 2 is 0.963 bits per heavy atom. The fraction of sp³-hybridized carbons (Fsp3) is 0.269. The Balaban J connectivity index is 2.09. The van der Waals surface area contributed by atoms with E-state index in [1.807, 2.05) is 0 Å². The van der Waals surface area contributed by atoms with Crippen molar-refractivity contribution in [2.24, 2.45) is 0 Å². The van der Waals surface area contributed by atoms with Gasteiger partial charge in [-0.15, -0.1) is 0 Å². The Morgan fingerprint density at radius 3 is 1.37 bits per heavy atom. The molecule has 0 aliphatic carbocycles. The summed E-state index contributed by atoms with van der Waals surface area (Å²) in [6.07, 6.45) is 7.82. The predicted octanol–water partition coefficient (Wildman–Crippen LogP) is 6.14. The maximum Gasteiger partial charge on any atom is -0.0163 e. The zero-order valence-electron chi connectivity index (χ0n) is 16.4. The summed E-state index contributed by atoms with van der Waals surface area (Å²) in [6.45, 7) is 0.547. The van der Waals surface area contributed by atoms with Crippen LogP contribution in [0.1, 0.15) is 45.4 Å². The molecule has 0 amide bonds. The van der Waals surface area contributed by atoms with Crippen LogP contribution in [-0.4, -0.2) is 5.80 Å². The van der Waals surface area contributed by atoms with Gasteiger partial charge in [0.25, 0.3) is 0 Å². The van der Waals surface area contributed by atoms with Crippen molar-refractivity contribution >= 4 is 28.6 Å². The van der Waals surface area contributed by atoms with E-state index in [9.17, 15) is 0 Å². The highest BCUT2D eigenvalue weighted by atomic mass is 31.2. The van der Waals surface area contributed by atoms with E-state index in [-0.39, 0.29) is 0 Å². The molecule has 0 nitrogen and oxygen atoms in total. The number of rotatable bonds is 9. The summed E-state index contributed by atoms with van der Waals surface area (Å²) in [4.78, 5) is 0. The SMILES string of the molecule is CCCCCCCC=P(c1ccccc1)(c1ccccc1)c1ccccc1. The molecule has 0 fully saturated rings. The Bertz CT molecular complexity index is 732. The van der Waals surface area contributed by atoms with Gasteiger partial charge < -0.3 is 0 Å². The molecular formula is C26H31P. The van der Waals surface area contributed by atoms with Gasteiger partial charge in [-0.25, -0.2) is 0 Å². The van der Waals surface area contributed by atoms with Gasteiger partial charge in [0, 0.05) is 0 Å². The molecule has 3 aromatic rings. The predicted molar refractivity (Wildman–Crippen MR) is 125 cm³/mol. The van der Waals surface area contributed by atoms with E-state index >= 15 is 0 Å². The largest absolute Gasteiger partial charge is 0.0742 e. The number of benzene rings is 3. The zero-order chi connectivity index (χ0) is 18.8. The summed E-state index contributed by atoms with van der Waals surface area (Å²) in [5, 5.41) is 4.36. The van der Waals surface area contributed by atoms with Crippen molar-refractivity contribution in [3.63, 3.8) is 0 Å². The summed E-state index contributed by atoms with van der Waals surface area (Å²) < 4.78 is 0. The minimum absolute atomic E-state index is 1.18. The minimum atomic E-state index is -1.73. The first-order valence-corrected chi connectivity index (χ1v) is 12.1. The zero-order valence-corrected chi connectivity index (χ0v) is 17.3. The van der Waals surface area contributed by atoms with E-state index in [0.717, 1.165) is 0 Å². The van der Waals surface area contributed by atoms with Crippen LogP contribution in [0.5, 0.6) is 0 Å². The number of unbranched alkanes of at least 4 members (excludes halogenated alkanes) is 5. The Labute approximate surface area is 165 Å². The molecule has 0 N–H and O–H groups in total. The lowest BCUT2D eigenvalue weighted by Gasteiger charge is -2.29. The molecule has 140 valence electrons. The van der Waals surface area contributed by atoms with Gasteiger partial charge in [-0.3, -0.25) is 0 Å². The molecule has 3 rings (SSSR count). The smallest absolute Gasteiger partial charge is 0.0163 e. The van der Waals surface area contributed by atoms with E-state index < -0.39 is 6.89 Å². The minimum Gasteiger partial charge on any atom is -0.0742 e. The maximum absolute atomic E-state index is 2.67. The van der Waals surface area contributed by atoms with Crippen LogP contribution in [0.4, 0.5) is 0 Å². The molecule has 0 atom stereocenters. The molecule has 0 bridgehead atoms. The Kier molecular flexibility index (Phi) is 7.55. The van der Waals surface area contributed by atoms with Gasteiger partial charge in [0.2, 0.25) is 0 Å². The molecule has 0 heterocycles. The van der Waals surface area contributed by atoms with E-state index in [1.165, 1.54) is 54.4 Å². The third-order valence-corrected chi connectivity index (χ3v) is 9.34. The fourth-order valence-corrected chi connectivity index (χ4v) is 7.81. The van der Waals surface area contributed by atoms with Crippen molar-refractivity contribution in [3.05, 3.63) is 91.0 Å². The van der Waals surface area contributed by atoms with Crippen molar-refractivity contribution < 1.29 is 0 Å². The molecule has 3 aromatic carbocycles. The Morgan fingerprint density at radius 1 is 0.556 bits per heavy atom. The second-order valence-corrected chi connectivity index (χ2v) is 10.5. The van der Waals surface area contributed by atoms with E-state index in [4.69, 9.17) is 0 Å². The van der Waals surface area contributed by atoms with Crippen LogP contribution < -0.4 is 15.9 Å². The standard InChI is InChI=1S/C26H31P/c1-2-3-4-5-6-16-23-27(24-17-10-7-11-18-24,25-19-12-8-13-20-25)26-21-14-9-15-22-26/h7-15,17-23H,2-6,16H2,1H3. The number of hydrogen-bond donors (Lipinski definition) is 0. The van der Waals surface area contributed by atoms with Crippen molar-refractivity contribution in [1.29, 1.82) is 0 Å². The van der Waals surface area contributed by atoms with Crippen LogP contribution in [0.2, 0.25) is 0 Å². The molecule has 1 heteroatoms. The van der Waals surface area contributed by atoms with Gasteiger partial charge in [0.15, 0.2) is 0 Å². The van der Waals surface area contributed by atoms with Gasteiger partial charge in [0.1, 0.15) is 0 Å². The second-order valence-electron chi connectivity index (χ2n) is 7.11. The molecule has 0 aliphatic heterocycles. The fourth-order valence-electron chi connectivity index (χ4n) is 3.79. The Hall–Kier alpha value is -2.04. The first-order valence-electron chi connectivity index (χ1n) is 10.3. The van der Waals surface area contributed by atoms with E-state index in [0.29, 0.717) is 0 Å². The third-order valence-electron chi connectivity index (χ3n) is 5.20. The summed E-state index contributed by atoms with van der Waals surface area (Å²) in [7, 11) is 0. The van der Waals surface area contributed by atoms with Crippen LogP contribution in [-0.2, 0) is 0 Å². The molecule has 0 aliphatic rings. The highest BCUT2D eigenvalue weighted by molar-refractivity contribution is 7.94. The lowest BCUT2D eigenvalue weighted by molar-refractivity contribution is 0.646. The molecule has 27 heavy (non-hydrogen) atoms. The molecule has 0 radical (unpaired) electrons. The van der Waals surface area contributed by atoms with Gasteiger partial charge >= 0.3 is 0 Å². The van der Waals surface area contributed by atoms with Gasteiger partial charge in [-0.05, 0) is 35.6 Å². The van der Waals surface area contributed by atoms with Crippen molar-refractivity contribution in [3.8, 4) is 0 Å². The van der Waals surface area contributed by atoms with Crippen LogP contribution in [0.25, 0.3) is 0 Å². The van der Waals surface area contributed by atoms with Crippen LogP contribution >= 0.6 is 6.89 Å². The van der Waals surface area contributed by atoms with Gasteiger partial charge in [-0.1, -0.05) is 129 Å². The second kappa shape index (κ2) is 10.3. The number of hydrogen-bond acceptors (Lipinski definition) is 0. The molecule has 0 saturated carbocycles. The summed E-state index contributed by atoms with van der Waals surface area (Å²) in [5.41, 5.74) is 0. The lowest BCUT2D eigenvalue weighted by Crippen LogP contribution is -2.26. The first-order chi connectivity index (χ1) is 13.4. The van der Waals surface area contributed by atoms with Crippen LogP contribution in [0.15, 0.2) is 91.0 Å². The summed E-state index contributed by atoms with van der Waals surface area (Å²) in [6, 6.07) is 33.4. The van der Waals surface area contributed by atoms with Crippen molar-refractivity contribution in [1.82, 2.24) is 0 Å².